The largest absolute Gasteiger partial charge is 0.0901 e. The Kier molecular flexibility index (Phi) is 3.61. The molecule has 1 aliphatic carbocycles. The van der Waals surface area contributed by atoms with Crippen LogP contribution in [-0.2, 0) is 0 Å². The van der Waals surface area contributed by atoms with Crippen LogP contribution < -0.4 is 0 Å². The van der Waals surface area contributed by atoms with Gasteiger partial charge in [0.15, 0.2) is 0 Å². The van der Waals surface area contributed by atoms with E-state index in [0.29, 0.717) is 5.25 Å². The zero-order chi connectivity index (χ0) is 7.40. The molecule has 1 rings (SSSR count). The van der Waals surface area contributed by atoms with Crippen LogP contribution in [0.1, 0.15) is 45.4 Å². The van der Waals surface area contributed by atoms with Crippen molar-refractivity contribution in [1.82, 2.24) is 0 Å². The predicted molar refractivity (Wildman–Crippen MR) is 48.2 cm³/mol. The highest BCUT2D eigenvalue weighted by atomic mass is 32.1. The molecule has 1 aliphatic rings. The number of hydrogen-bond acceptors (Lipinski definition) is 0. The standard InChI is InChI=1S/C9H17S/c1-2-3-7-9(10)8-5-4-6-8/h8-9H,2-7H2,1H3. The fourth-order valence-electron chi connectivity index (χ4n) is 1.45. The van der Waals surface area contributed by atoms with E-state index in [1.165, 1.54) is 38.5 Å². The molecule has 0 spiro atoms. The first-order chi connectivity index (χ1) is 4.84. The van der Waals surface area contributed by atoms with Gasteiger partial charge in [-0.2, -0.15) is 0 Å². The van der Waals surface area contributed by atoms with Gasteiger partial charge in [0.25, 0.3) is 0 Å². The van der Waals surface area contributed by atoms with Gasteiger partial charge in [-0.25, -0.2) is 0 Å². The number of hydrogen-bond donors (Lipinski definition) is 0. The van der Waals surface area contributed by atoms with Gasteiger partial charge in [0.2, 0.25) is 0 Å². The molecule has 1 radical (unpaired) electrons. The summed E-state index contributed by atoms with van der Waals surface area (Å²) in [6.45, 7) is 2.24. The predicted octanol–water partition coefficient (Wildman–Crippen LogP) is 3.54. The summed E-state index contributed by atoms with van der Waals surface area (Å²) in [5.41, 5.74) is 0. The zero-order valence-corrected chi connectivity index (χ0v) is 7.62. The van der Waals surface area contributed by atoms with Crippen molar-refractivity contribution in [3.63, 3.8) is 0 Å². The first-order valence-corrected chi connectivity index (χ1v) is 4.97. The molecule has 1 heteroatoms. The Bertz CT molecular complexity index is 86.7. The molecule has 1 saturated carbocycles. The first kappa shape index (κ1) is 8.45. The van der Waals surface area contributed by atoms with Gasteiger partial charge >= 0.3 is 0 Å². The van der Waals surface area contributed by atoms with Gasteiger partial charge in [-0.05, 0) is 25.2 Å². The van der Waals surface area contributed by atoms with Crippen LogP contribution in [0.5, 0.6) is 0 Å². The third-order valence-corrected chi connectivity index (χ3v) is 3.14. The lowest BCUT2D eigenvalue weighted by Gasteiger charge is -2.30. The quantitative estimate of drug-likeness (QED) is 0.585. The second-order valence-electron chi connectivity index (χ2n) is 3.37. The Morgan fingerprint density at radius 1 is 1.50 bits per heavy atom. The van der Waals surface area contributed by atoms with E-state index in [2.05, 4.69) is 6.92 Å². The first-order valence-electron chi connectivity index (χ1n) is 4.50. The highest BCUT2D eigenvalue weighted by molar-refractivity contribution is 7.81. The molecule has 0 saturated heterocycles. The van der Waals surface area contributed by atoms with Crippen LogP contribution in [0, 0.1) is 5.92 Å². The van der Waals surface area contributed by atoms with E-state index >= 15 is 0 Å². The van der Waals surface area contributed by atoms with Gasteiger partial charge in [0.05, 0.1) is 0 Å². The molecule has 0 aromatic carbocycles. The maximum absolute atomic E-state index is 5.38. The molecule has 0 aromatic rings. The molecular weight excluding hydrogens is 140 g/mol. The van der Waals surface area contributed by atoms with Gasteiger partial charge in [0.1, 0.15) is 0 Å². The minimum atomic E-state index is 0.605. The summed E-state index contributed by atoms with van der Waals surface area (Å²) in [5.74, 6) is 0.918. The molecule has 10 heavy (non-hydrogen) atoms. The summed E-state index contributed by atoms with van der Waals surface area (Å²) in [6.07, 6.45) is 8.20. The van der Waals surface area contributed by atoms with E-state index in [9.17, 15) is 0 Å². The lowest BCUT2D eigenvalue weighted by Crippen LogP contribution is -2.22. The van der Waals surface area contributed by atoms with Gasteiger partial charge in [-0.15, -0.1) is 0 Å². The molecule has 0 aromatic heterocycles. The minimum absolute atomic E-state index is 0.605. The Balaban J connectivity index is 2.02. The van der Waals surface area contributed by atoms with E-state index in [1.807, 2.05) is 0 Å². The van der Waals surface area contributed by atoms with Crippen molar-refractivity contribution in [3.05, 3.63) is 0 Å². The Morgan fingerprint density at radius 2 is 2.20 bits per heavy atom. The van der Waals surface area contributed by atoms with Crippen LogP contribution >= 0.6 is 12.6 Å². The summed E-state index contributed by atoms with van der Waals surface area (Å²) in [7, 11) is 0. The Hall–Kier alpha value is 0.350. The molecule has 0 amide bonds. The van der Waals surface area contributed by atoms with Crippen molar-refractivity contribution in [2.75, 3.05) is 0 Å². The molecule has 0 N–H and O–H groups in total. The molecular formula is C9H17S. The van der Waals surface area contributed by atoms with E-state index in [4.69, 9.17) is 12.6 Å². The van der Waals surface area contributed by atoms with Crippen LogP contribution in [0.3, 0.4) is 0 Å². The van der Waals surface area contributed by atoms with Crippen molar-refractivity contribution >= 4 is 12.6 Å². The molecule has 59 valence electrons. The van der Waals surface area contributed by atoms with Crippen LogP contribution in [0.25, 0.3) is 0 Å². The summed E-state index contributed by atoms with van der Waals surface area (Å²) < 4.78 is 0. The molecule has 0 aliphatic heterocycles. The third-order valence-electron chi connectivity index (χ3n) is 2.52. The van der Waals surface area contributed by atoms with Crippen molar-refractivity contribution < 1.29 is 0 Å². The van der Waals surface area contributed by atoms with E-state index in [1.54, 1.807) is 0 Å². The summed E-state index contributed by atoms with van der Waals surface area (Å²) in [4.78, 5) is 0. The topological polar surface area (TPSA) is 0 Å². The summed E-state index contributed by atoms with van der Waals surface area (Å²) >= 11 is 5.38. The van der Waals surface area contributed by atoms with E-state index in [0.717, 1.165) is 5.92 Å². The van der Waals surface area contributed by atoms with Crippen LogP contribution in [0.4, 0.5) is 0 Å². The highest BCUT2D eigenvalue weighted by Crippen LogP contribution is 2.34. The van der Waals surface area contributed by atoms with Gasteiger partial charge in [0, 0.05) is 5.25 Å². The highest BCUT2D eigenvalue weighted by Gasteiger charge is 2.24. The van der Waals surface area contributed by atoms with Crippen LogP contribution in [-0.4, -0.2) is 5.25 Å². The number of rotatable bonds is 4. The average molecular weight is 157 g/mol. The van der Waals surface area contributed by atoms with E-state index < -0.39 is 0 Å². The molecule has 0 nitrogen and oxygen atoms in total. The lowest BCUT2D eigenvalue weighted by atomic mass is 9.81. The molecule has 1 fully saturated rings. The second-order valence-corrected chi connectivity index (χ2v) is 3.98. The van der Waals surface area contributed by atoms with Crippen molar-refractivity contribution in [1.29, 1.82) is 0 Å². The monoisotopic (exact) mass is 157 g/mol. The molecule has 1 unspecified atom stereocenters. The third kappa shape index (κ3) is 2.19. The van der Waals surface area contributed by atoms with Gasteiger partial charge < -0.3 is 0 Å². The lowest BCUT2D eigenvalue weighted by molar-refractivity contribution is 0.298. The van der Waals surface area contributed by atoms with Gasteiger partial charge in [-0.1, -0.05) is 38.8 Å². The van der Waals surface area contributed by atoms with Crippen molar-refractivity contribution in [2.24, 2.45) is 5.92 Å². The molecule has 0 heterocycles. The van der Waals surface area contributed by atoms with Crippen molar-refractivity contribution in [2.45, 2.75) is 50.7 Å². The van der Waals surface area contributed by atoms with Crippen molar-refractivity contribution in [3.8, 4) is 0 Å². The number of unbranched alkanes of at least 4 members (excludes halogenated alkanes) is 1. The molecule has 0 bridgehead atoms. The Morgan fingerprint density at radius 3 is 2.60 bits per heavy atom. The maximum Gasteiger partial charge on any atom is 0.0179 e. The van der Waals surface area contributed by atoms with E-state index in [-0.39, 0.29) is 0 Å². The van der Waals surface area contributed by atoms with Crippen LogP contribution in [0.2, 0.25) is 0 Å². The van der Waals surface area contributed by atoms with Gasteiger partial charge in [-0.3, -0.25) is 0 Å². The fraction of sp³-hybridized carbons (Fsp3) is 1.00. The molecule has 1 atom stereocenters. The normalized spacial score (nSPS) is 22.2. The smallest absolute Gasteiger partial charge is 0.0179 e. The SMILES string of the molecule is CCCCC([S])C1CCC1. The fourth-order valence-corrected chi connectivity index (χ4v) is 1.89. The van der Waals surface area contributed by atoms with Crippen LogP contribution in [0.15, 0.2) is 0 Å². The second kappa shape index (κ2) is 4.27. The zero-order valence-electron chi connectivity index (χ0n) is 6.81. The summed E-state index contributed by atoms with van der Waals surface area (Å²) in [6, 6.07) is 0. The average Bonchev–Trinajstić information content (AvgIpc) is 1.79. The Labute approximate surface area is 69.8 Å². The maximum atomic E-state index is 5.38. The summed E-state index contributed by atoms with van der Waals surface area (Å²) in [5, 5.41) is 0.605. The minimum Gasteiger partial charge on any atom is -0.0901 e.